The molecule has 0 atom stereocenters. The molecule has 0 saturated heterocycles. The van der Waals surface area contributed by atoms with Crippen molar-refractivity contribution < 1.29 is 14.6 Å². The maximum absolute atomic E-state index is 10.1. The molecule has 1 aromatic rings. The van der Waals surface area contributed by atoms with E-state index in [4.69, 9.17) is 5.11 Å². The highest BCUT2D eigenvalue weighted by molar-refractivity contribution is 9.10. The Morgan fingerprint density at radius 3 is 2.92 bits per heavy atom. The highest BCUT2D eigenvalue weighted by atomic mass is 79.9. The number of halogens is 1. The van der Waals surface area contributed by atoms with Gasteiger partial charge in [0.2, 0.25) is 0 Å². The highest BCUT2D eigenvalue weighted by Crippen LogP contribution is 2.38. The Bertz CT molecular complexity index is 297. The first kappa shape index (κ1) is 9.88. The number of thioether (sulfide) groups is 1. The molecule has 0 unspecified atom stereocenters. The van der Waals surface area contributed by atoms with Crippen LogP contribution in [0.3, 0.4) is 0 Å². The van der Waals surface area contributed by atoms with Crippen LogP contribution >= 0.6 is 39.0 Å². The van der Waals surface area contributed by atoms with Gasteiger partial charge in [-0.1, -0.05) is 11.3 Å². The van der Waals surface area contributed by atoms with Crippen LogP contribution in [0, 0.1) is 0 Å². The summed E-state index contributed by atoms with van der Waals surface area (Å²) in [5.41, 5.74) is 0. The monoisotopic (exact) mass is 268 g/mol. The molecule has 1 N–H and O–H groups in total. The standard InChI is InChI=1S/C6H5BrO3S2/c1-11-5-3(7)2-4(12-5)10-6(8)9/h2H,1H3,(H,8,9). The van der Waals surface area contributed by atoms with Crippen LogP contribution in [0.5, 0.6) is 5.06 Å². The van der Waals surface area contributed by atoms with Gasteiger partial charge >= 0.3 is 6.16 Å². The molecule has 0 radical (unpaired) electrons. The van der Waals surface area contributed by atoms with Crippen molar-refractivity contribution in [2.24, 2.45) is 0 Å². The Morgan fingerprint density at radius 1 is 1.83 bits per heavy atom. The number of hydrogen-bond donors (Lipinski definition) is 1. The van der Waals surface area contributed by atoms with Crippen molar-refractivity contribution in [2.45, 2.75) is 4.21 Å². The van der Waals surface area contributed by atoms with E-state index in [0.717, 1.165) is 8.68 Å². The number of carboxylic acid groups (broad SMARTS) is 1. The van der Waals surface area contributed by atoms with Gasteiger partial charge in [-0.2, -0.15) is 0 Å². The van der Waals surface area contributed by atoms with Crippen molar-refractivity contribution in [1.82, 2.24) is 0 Å². The summed E-state index contributed by atoms with van der Waals surface area (Å²) in [6.07, 6.45) is 0.637. The molecule has 0 spiro atoms. The molecule has 0 bridgehead atoms. The molecule has 66 valence electrons. The Hall–Kier alpha value is -0.200. The van der Waals surface area contributed by atoms with E-state index in [9.17, 15) is 4.79 Å². The molecule has 1 heterocycles. The number of rotatable bonds is 2. The molecule has 1 rings (SSSR count). The average Bonchev–Trinajstić information content (AvgIpc) is 2.29. The molecule has 3 nitrogen and oxygen atoms in total. The maximum Gasteiger partial charge on any atom is 0.512 e. The minimum absolute atomic E-state index is 0.388. The highest BCUT2D eigenvalue weighted by Gasteiger charge is 2.09. The van der Waals surface area contributed by atoms with Crippen molar-refractivity contribution in [2.75, 3.05) is 6.26 Å². The van der Waals surface area contributed by atoms with Gasteiger partial charge in [-0.15, -0.1) is 11.8 Å². The number of hydrogen-bond acceptors (Lipinski definition) is 4. The lowest BCUT2D eigenvalue weighted by Crippen LogP contribution is -2.00. The second-order valence-electron chi connectivity index (χ2n) is 1.77. The van der Waals surface area contributed by atoms with Gasteiger partial charge in [-0.25, -0.2) is 4.79 Å². The van der Waals surface area contributed by atoms with Gasteiger partial charge in [0.1, 0.15) is 0 Å². The van der Waals surface area contributed by atoms with Gasteiger partial charge in [-0.3, -0.25) is 0 Å². The van der Waals surface area contributed by atoms with Crippen LogP contribution in [-0.2, 0) is 0 Å². The third-order valence-electron chi connectivity index (χ3n) is 1.01. The molecular weight excluding hydrogens is 264 g/mol. The zero-order chi connectivity index (χ0) is 9.14. The van der Waals surface area contributed by atoms with Gasteiger partial charge in [0.25, 0.3) is 0 Å². The molecule has 12 heavy (non-hydrogen) atoms. The largest absolute Gasteiger partial charge is 0.512 e. The Kier molecular flexibility index (Phi) is 3.42. The predicted molar refractivity (Wildman–Crippen MR) is 52.5 cm³/mol. The molecule has 0 fully saturated rings. The van der Waals surface area contributed by atoms with Crippen molar-refractivity contribution in [3.05, 3.63) is 10.5 Å². The van der Waals surface area contributed by atoms with Crippen molar-refractivity contribution >= 4 is 45.2 Å². The van der Waals surface area contributed by atoms with E-state index in [2.05, 4.69) is 20.7 Å². The summed E-state index contributed by atoms with van der Waals surface area (Å²) >= 11 is 6.13. The van der Waals surface area contributed by atoms with Crippen molar-refractivity contribution in [3.63, 3.8) is 0 Å². The summed E-state index contributed by atoms with van der Waals surface area (Å²) in [5.74, 6) is 0. The Morgan fingerprint density at radius 2 is 2.50 bits per heavy atom. The van der Waals surface area contributed by atoms with Crippen LogP contribution in [0.1, 0.15) is 0 Å². The summed E-state index contributed by atoms with van der Waals surface area (Å²) in [6.45, 7) is 0. The van der Waals surface area contributed by atoms with Gasteiger partial charge in [0, 0.05) is 10.5 Å². The molecule has 0 aliphatic carbocycles. The van der Waals surface area contributed by atoms with Crippen LogP contribution in [0.15, 0.2) is 14.7 Å². The summed E-state index contributed by atoms with van der Waals surface area (Å²) in [6, 6.07) is 1.64. The molecule has 6 heteroatoms. The molecular formula is C6H5BrO3S2. The van der Waals surface area contributed by atoms with Gasteiger partial charge in [0.05, 0.1) is 4.21 Å². The van der Waals surface area contributed by atoms with Crippen molar-refractivity contribution in [3.8, 4) is 5.06 Å². The quantitative estimate of drug-likeness (QED) is 0.661. The Labute approximate surface area is 85.9 Å². The normalized spacial score (nSPS) is 9.83. The first-order chi connectivity index (χ1) is 5.63. The number of thiophene rings is 1. The zero-order valence-corrected chi connectivity index (χ0v) is 9.25. The van der Waals surface area contributed by atoms with Crippen LogP contribution in [-0.4, -0.2) is 17.5 Å². The van der Waals surface area contributed by atoms with Crippen LogP contribution in [0.25, 0.3) is 0 Å². The fourth-order valence-electron chi connectivity index (χ4n) is 0.607. The van der Waals surface area contributed by atoms with Gasteiger partial charge < -0.3 is 9.84 Å². The summed E-state index contributed by atoms with van der Waals surface area (Å²) < 4.78 is 6.35. The van der Waals surface area contributed by atoms with E-state index in [1.807, 2.05) is 6.26 Å². The Balaban J connectivity index is 2.82. The lowest BCUT2D eigenvalue weighted by Gasteiger charge is -1.90. The maximum atomic E-state index is 10.1. The second-order valence-corrected chi connectivity index (χ2v) is 4.72. The van der Waals surface area contributed by atoms with Crippen LogP contribution in [0.2, 0.25) is 0 Å². The fourth-order valence-corrected chi connectivity index (χ4v) is 3.16. The minimum Gasteiger partial charge on any atom is -0.449 e. The van der Waals surface area contributed by atoms with E-state index in [1.54, 1.807) is 17.8 Å². The van der Waals surface area contributed by atoms with E-state index in [1.165, 1.54) is 11.3 Å². The van der Waals surface area contributed by atoms with E-state index < -0.39 is 6.16 Å². The zero-order valence-electron chi connectivity index (χ0n) is 6.04. The molecule has 0 aliphatic heterocycles. The number of carbonyl (C=O) groups is 1. The summed E-state index contributed by atoms with van der Waals surface area (Å²) in [4.78, 5) is 10.1. The summed E-state index contributed by atoms with van der Waals surface area (Å²) in [7, 11) is 0. The van der Waals surface area contributed by atoms with Crippen molar-refractivity contribution in [1.29, 1.82) is 0 Å². The molecule has 1 aromatic heterocycles. The van der Waals surface area contributed by atoms with Crippen LogP contribution < -0.4 is 4.74 Å². The van der Waals surface area contributed by atoms with E-state index in [0.29, 0.717) is 5.06 Å². The van der Waals surface area contributed by atoms with Crippen LogP contribution in [0.4, 0.5) is 4.79 Å². The minimum atomic E-state index is -1.28. The first-order valence-electron chi connectivity index (χ1n) is 2.87. The molecule has 0 aliphatic rings. The second kappa shape index (κ2) is 4.15. The SMILES string of the molecule is CSc1sc(OC(=O)O)cc1Br. The molecule has 0 saturated carbocycles. The number of ether oxygens (including phenoxy) is 1. The fraction of sp³-hybridized carbons (Fsp3) is 0.167. The van der Waals surface area contributed by atoms with Gasteiger partial charge in [-0.05, 0) is 22.2 Å². The van der Waals surface area contributed by atoms with E-state index >= 15 is 0 Å². The average molecular weight is 269 g/mol. The lowest BCUT2D eigenvalue weighted by molar-refractivity contribution is 0.146. The molecule has 0 aromatic carbocycles. The smallest absolute Gasteiger partial charge is 0.449 e. The lowest BCUT2D eigenvalue weighted by atomic mass is 10.6. The molecule has 0 amide bonds. The third-order valence-corrected chi connectivity index (χ3v) is 4.30. The van der Waals surface area contributed by atoms with E-state index in [-0.39, 0.29) is 0 Å². The summed E-state index contributed by atoms with van der Waals surface area (Å²) in [5, 5.41) is 8.69. The predicted octanol–water partition coefficient (Wildman–Crippen LogP) is 3.29. The topological polar surface area (TPSA) is 46.5 Å². The first-order valence-corrected chi connectivity index (χ1v) is 5.71. The van der Waals surface area contributed by atoms with Gasteiger partial charge in [0.15, 0.2) is 5.06 Å². The third kappa shape index (κ3) is 2.40.